The van der Waals surface area contributed by atoms with Crippen molar-refractivity contribution in [1.29, 1.82) is 0 Å². The molecule has 1 aliphatic carbocycles. The zero-order chi connectivity index (χ0) is 19.7. The van der Waals surface area contributed by atoms with E-state index in [1.54, 1.807) is 19.2 Å². The predicted molar refractivity (Wildman–Crippen MR) is 107 cm³/mol. The van der Waals surface area contributed by atoms with Crippen LogP contribution >= 0.6 is 0 Å². The number of nitrogens with one attached hydrogen (secondary N) is 1. The summed E-state index contributed by atoms with van der Waals surface area (Å²) in [4.78, 5) is 27.9. The van der Waals surface area contributed by atoms with Crippen molar-refractivity contribution in [3.8, 4) is 5.75 Å². The van der Waals surface area contributed by atoms with Gasteiger partial charge in [-0.2, -0.15) is 0 Å². The smallest absolute Gasteiger partial charge is 0.254 e. The number of aryl methyl sites for hydroxylation is 1. The standard InChI is InChI=1S/C23H26N2O3/c1-15-6-3-4-9-19(15)20-13-25(14-21(20)22(26)24-17-10-11-17)23(27)16-7-5-8-18(12-16)28-2/h3-9,12,17,20-21H,10-11,13-14H2,1-2H3,(H,24,26). The van der Waals surface area contributed by atoms with Crippen molar-refractivity contribution < 1.29 is 14.3 Å². The number of methoxy groups -OCH3 is 1. The maximum Gasteiger partial charge on any atom is 0.254 e. The van der Waals surface area contributed by atoms with E-state index in [1.807, 2.05) is 29.2 Å². The lowest BCUT2D eigenvalue weighted by molar-refractivity contribution is -0.125. The highest BCUT2D eigenvalue weighted by atomic mass is 16.5. The molecule has 146 valence electrons. The van der Waals surface area contributed by atoms with Gasteiger partial charge in [0.1, 0.15) is 5.75 Å². The van der Waals surface area contributed by atoms with E-state index in [0.29, 0.717) is 30.4 Å². The molecule has 2 unspecified atom stereocenters. The van der Waals surface area contributed by atoms with Crippen LogP contribution in [0.3, 0.4) is 0 Å². The van der Waals surface area contributed by atoms with Gasteiger partial charge in [-0.15, -0.1) is 0 Å². The van der Waals surface area contributed by atoms with E-state index in [9.17, 15) is 9.59 Å². The molecule has 1 N–H and O–H groups in total. The number of carbonyl (C=O) groups excluding carboxylic acids is 2. The molecule has 0 bridgehead atoms. The van der Waals surface area contributed by atoms with Crippen molar-refractivity contribution in [2.75, 3.05) is 20.2 Å². The Kier molecular flexibility index (Phi) is 5.07. The second-order valence-corrected chi connectivity index (χ2v) is 7.79. The Balaban J connectivity index is 1.60. The lowest BCUT2D eigenvalue weighted by Gasteiger charge is -2.19. The lowest BCUT2D eigenvalue weighted by atomic mass is 9.86. The SMILES string of the molecule is COc1cccc(C(=O)N2CC(C(=O)NC3CC3)C(c3ccccc3C)C2)c1. The summed E-state index contributed by atoms with van der Waals surface area (Å²) >= 11 is 0. The molecule has 1 aliphatic heterocycles. The van der Waals surface area contributed by atoms with Gasteiger partial charge in [-0.3, -0.25) is 9.59 Å². The highest BCUT2D eigenvalue weighted by Gasteiger charge is 2.42. The van der Waals surface area contributed by atoms with Gasteiger partial charge in [-0.25, -0.2) is 0 Å². The average molecular weight is 378 g/mol. The summed E-state index contributed by atoms with van der Waals surface area (Å²) in [6, 6.07) is 15.7. The first-order valence-electron chi connectivity index (χ1n) is 9.86. The molecule has 5 nitrogen and oxygen atoms in total. The molecular formula is C23H26N2O3. The van der Waals surface area contributed by atoms with Gasteiger partial charge in [-0.05, 0) is 49.1 Å². The summed E-state index contributed by atoms with van der Waals surface area (Å²) in [5.74, 6) is 0.449. The minimum absolute atomic E-state index is 0.00880. The Hall–Kier alpha value is -2.82. The van der Waals surface area contributed by atoms with Gasteiger partial charge in [0.05, 0.1) is 13.0 Å². The first-order chi connectivity index (χ1) is 13.6. The number of rotatable bonds is 5. The molecular weight excluding hydrogens is 352 g/mol. The molecule has 2 aromatic carbocycles. The summed E-state index contributed by atoms with van der Waals surface area (Å²) in [6.45, 7) is 3.05. The van der Waals surface area contributed by atoms with Crippen LogP contribution in [0.1, 0.15) is 40.2 Å². The van der Waals surface area contributed by atoms with Crippen LogP contribution in [0.4, 0.5) is 0 Å². The minimum Gasteiger partial charge on any atom is -0.497 e. The molecule has 1 heterocycles. The molecule has 2 amide bonds. The Labute approximate surface area is 165 Å². The van der Waals surface area contributed by atoms with Crippen LogP contribution in [-0.2, 0) is 4.79 Å². The third-order valence-electron chi connectivity index (χ3n) is 5.77. The number of benzene rings is 2. The van der Waals surface area contributed by atoms with E-state index in [1.165, 1.54) is 0 Å². The Bertz CT molecular complexity index is 891. The maximum absolute atomic E-state index is 13.1. The summed E-state index contributed by atoms with van der Waals surface area (Å²) in [6.07, 6.45) is 2.11. The van der Waals surface area contributed by atoms with E-state index < -0.39 is 0 Å². The largest absolute Gasteiger partial charge is 0.497 e. The Morgan fingerprint density at radius 1 is 1.07 bits per heavy atom. The highest BCUT2D eigenvalue weighted by Crippen LogP contribution is 2.36. The number of ether oxygens (including phenoxy) is 1. The van der Waals surface area contributed by atoms with Crippen molar-refractivity contribution in [3.63, 3.8) is 0 Å². The number of hydrogen-bond acceptors (Lipinski definition) is 3. The van der Waals surface area contributed by atoms with E-state index in [0.717, 1.165) is 24.0 Å². The molecule has 2 aromatic rings. The number of amides is 2. The Morgan fingerprint density at radius 3 is 2.57 bits per heavy atom. The molecule has 28 heavy (non-hydrogen) atoms. The summed E-state index contributed by atoms with van der Waals surface area (Å²) in [7, 11) is 1.59. The normalized spacial score (nSPS) is 21.4. The third-order valence-corrected chi connectivity index (χ3v) is 5.77. The fourth-order valence-corrected chi connectivity index (χ4v) is 4.03. The molecule has 5 heteroatoms. The van der Waals surface area contributed by atoms with E-state index in [-0.39, 0.29) is 23.7 Å². The second kappa shape index (κ2) is 7.66. The fraction of sp³-hybridized carbons (Fsp3) is 0.391. The molecule has 0 spiro atoms. The average Bonchev–Trinajstić information content (AvgIpc) is 3.42. The van der Waals surface area contributed by atoms with Gasteiger partial charge in [0.15, 0.2) is 0 Å². The molecule has 4 rings (SSSR count). The number of hydrogen-bond donors (Lipinski definition) is 1. The summed E-state index contributed by atoms with van der Waals surface area (Å²) in [5.41, 5.74) is 2.90. The van der Waals surface area contributed by atoms with Crippen molar-refractivity contribution in [1.82, 2.24) is 10.2 Å². The summed E-state index contributed by atoms with van der Waals surface area (Å²) in [5, 5.41) is 3.14. The molecule has 0 radical (unpaired) electrons. The molecule has 0 aromatic heterocycles. The highest BCUT2D eigenvalue weighted by molar-refractivity contribution is 5.95. The van der Waals surface area contributed by atoms with Gasteiger partial charge >= 0.3 is 0 Å². The maximum atomic E-state index is 13.1. The lowest BCUT2D eigenvalue weighted by Crippen LogP contribution is -2.36. The first-order valence-corrected chi connectivity index (χ1v) is 9.86. The molecule has 2 atom stereocenters. The van der Waals surface area contributed by atoms with E-state index in [2.05, 4.69) is 24.4 Å². The van der Waals surface area contributed by atoms with E-state index in [4.69, 9.17) is 4.74 Å². The molecule has 1 saturated carbocycles. The van der Waals surface area contributed by atoms with Crippen LogP contribution in [0.15, 0.2) is 48.5 Å². The first kappa shape index (κ1) is 18.5. The van der Waals surface area contributed by atoms with Crippen molar-refractivity contribution >= 4 is 11.8 Å². The second-order valence-electron chi connectivity index (χ2n) is 7.79. The van der Waals surface area contributed by atoms with Crippen molar-refractivity contribution in [2.24, 2.45) is 5.92 Å². The van der Waals surface area contributed by atoms with Crippen LogP contribution in [0, 0.1) is 12.8 Å². The van der Waals surface area contributed by atoms with Gasteiger partial charge in [-0.1, -0.05) is 30.3 Å². The predicted octanol–water partition coefficient (Wildman–Crippen LogP) is 3.14. The van der Waals surface area contributed by atoms with Gasteiger partial charge < -0.3 is 15.0 Å². The van der Waals surface area contributed by atoms with Crippen LogP contribution in [0.25, 0.3) is 0 Å². The number of carbonyl (C=O) groups is 2. The monoisotopic (exact) mass is 378 g/mol. The van der Waals surface area contributed by atoms with Crippen molar-refractivity contribution in [3.05, 3.63) is 65.2 Å². The zero-order valence-corrected chi connectivity index (χ0v) is 16.4. The van der Waals surface area contributed by atoms with Crippen LogP contribution in [0.2, 0.25) is 0 Å². The molecule has 2 fully saturated rings. The van der Waals surface area contributed by atoms with Gasteiger partial charge in [0.2, 0.25) is 5.91 Å². The van der Waals surface area contributed by atoms with Crippen LogP contribution in [0.5, 0.6) is 5.75 Å². The molecule has 1 saturated heterocycles. The third kappa shape index (κ3) is 3.75. The van der Waals surface area contributed by atoms with E-state index >= 15 is 0 Å². The van der Waals surface area contributed by atoms with Crippen molar-refractivity contribution in [2.45, 2.75) is 31.7 Å². The zero-order valence-electron chi connectivity index (χ0n) is 16.4. The van der Waals surface area contributed by atoms with Gasteiger partial charge in [0.25, 0.3) is 5.91 Å². The van der Waals surface area contributed by atoms with Gasteiger partial charge in [0, 0.05) is 30.6 Å². The fourth-order valence-electron chi connectivity index (χ4n) is 4.03. The summed E-state index contributed by atoms with van der Waals surface area (Å²) < 4.78 is 5.25. The Morgan fingerprint density at radius 2 is 1.86 bits per heavy atom. The number of likely N-dealkylation sites (tertiary alicyclic amines) is 1. The quantitative estimate of drug-likeness (QED) is 0.870. The number of nitrogens with zero attached hydrogens (tertiary/aromatic N) is 1. The molecule has 2 aliphatic rings. The van der Waals surface area contributed by atoms with Crippen LogP contribution < -0.4 is 10.1 Å². The topological polar surface area (TPSA) is 58.6 Å². The minimum atomic E-state index is -0.226. The van der Waals surface area contributed by atoms with Crippen LogP contribution in [-0.4, -0.2) is 43.0 Å².